The first-order valence-corrected chi connectivity index (χ1v) is 8.20. The number of hydrogen-bond donors (Lipinski definition) is 1. The molecule has 4 rings (SSSR count). The monoisotopic (exact) mass is 315 g/mol. The number of nitriles is 1. The number of nitrogens with zero attached hydrogens (tertiary/aromatic N) is 4. The predicted molar refractivity (Wildman–Crippen MR) is 93.3 cm³/mol. The zero-order valence-corrected chi connectivity index (χ0v) is 13.2. The highest BCUT2D eigenvalue weighted by atomic mass is 15.1. The van der Waals surface area contributed by atoms with Crippen molar-refractivity contribution in [2.45, 2.75) is 19.3 Å². The Bertz CT molecular complexity index is 910. The van der Waals surface area contributed by atoms with Crippen LogP contribution in [0.3, 0.4) is 0 Å². The second kappa shape index (κ2) is 6.25. The van der Waals surface area contributed by atoms with Crippen molar-refractivity contribution in [2.75, 3.05) is 11.9 Å². The van der Waals surface area contributed by atoms with Crippen LogP contribution in [0, 0.1) is 17.2 Å². The van der Waals surface area contributed by atoms with Crippen LogP contribution in [-0.2, 0) is 0 Å². The molecule has 0 saturated heterocycles. The summed E-state index contributed by atoms with van der Waals surface area (Å²) in [7, 11) is 0. The van der Waals surface area contributed by atoms with Crippen molar-refractivity contribution in [3.05, 3.63) is 48.4 Å². The second-order valence-corrected chi connectivity index (χ2v) is 6.16. The zero-order chi connectivity index (χ0) is 16.4. The Balaban J connectivity index is 1.71. The van der Waals surface area contributed by atoms with E-state index in [0.29, 0.717) is 5.69 Å². The molecule has 0 radical (unpaired) electrons. The smallest absolute Gasteiger partial charge is 0.186 e. The van der Waals surface area contributed by atoms with Gasteiger partial charge in [0.1, 0.15) is 6.07 Å². The highest BCUT2D eigenvalue weighted by Crippen LogP contribution is 2.33. The average Bonchev–Trinajstić information content (AvgIpc) is 3.46. The normalized spacial score (nSPS) is 13.6. The van der Waals surface area contributed by atoms with E-state index in [1.165, 1.54) is 12.8 Å². The second-order valence-electron chi connectivity index (χ2n) is 6.16. The maximum Gasteiger partial charge on any atom is 0.186 e. The molecule has 0 bridgehead atoms. The van der Waals surface area contributed by atoms with Gasteiger partial charge in [-0.1, -0.05) is 18.9 Å². The Labute approximate surface area is 140 Å². The summed E-state index contributed by atoms with van der Waals surface area (Å²) >= 11 is 0. The molecule has 118 valence electrons. The number of aromatic nitrogens is 3. The number of pyridine rings is 1. The van der Waals surface area contributed by atoms with Gasteiger partial charge in [-0.25, -0.2) is 0 Å². The van der Waals surface area contributed by atoms with Crippen LogP contribution in [0.2, 0.25) is 0 Å². The molecular formula is C19H17N5. The number of benzene rings is 1. The lowest BCUT2D eigenvalue weighted by Crippen LogP contribution is -2.06. The number of nitrogens with one attached hydrogen (secondary N) is 1. The van der Waals surface area contributed by atoms with Gasteiger partial charge in [-0.05, 0) is 47.7 Å². The fraction of sp³-hybridized carbons (Fsp3) is 0.263. The number of fused-ring (bicyclic) bond motifs is 1. The van der Waals surface area contributed by atoms with Gasteiger partial charge in [-0.2, -0.15) is 5.26 Å². The van der Waals surface area contributed by atoms with Gasteiger partial charge in [-0.3, -0.25) is 4.98 Å². The summed E-state index contributed by atoms with van der Waals surface area (Å²) in [6.45, 7) is 0.867. The Hall–Kier alpha value is -3.00. The third-order valence-electron chi connectivity index (χ3n) is 4.43. The topological polar surface area (TPSA) is 74.5 Å². The van der Waals surface area contributed by atoms with Crippen LogP contribution in [0.5, 0.6) is 0 Å². The SMILES string of the molecule is N#Cc1nnc2cc(-c3ccncc3)ccc2c1NCCC1CC1. The molecule has 1 aromatic carbocycles. The fourth-order valence-electron chi connectivity index (χ4n) is 2.90. The first-order chi connectivity index (χ1) is 11.8. The Morgan fingerprint density at radius 1 is 1.08 bits per heavy atom. The van der Waals surface area contributed by atoms with Gasteiger partial charge >= 0.3 is 0 Å². The van der Waals surface area contributed by atoms with E-state index in [1.54, 1.807) is 12.4 Å². The molecule has 2 heterocycles. The van der Waals surface area contributed by atoms with Crippen LogP contribution in [-0.4, -0.2) is 21.7 Å². The van der Waals surface area contributed by atoms with Gasteiger partial charge in [0, 0.05) is 24.3 Å². The molecule has 1 N–H and O–H groups in total. The van der Waals surface area contributed by atoms with E-state index in [1.807, 2.05) is 30.3 Å². The van der Waals surface area contributed by atoms with Crippen LogP contribution in [0.1, 0.15) is 25.0 Å². The number of anilines is 1. The van der Waals surface area contributed by atoms with E-state index in [0.717, 1.165) is 46.6 Å². The van der Waals surface area contributed by atoms with E-state index >= 15 is 0 Å². The van der Waals surface area contributed by atoms with E-state index in [-0.39, 0.29) is 0 Å². The molecule has 0 amide bonds. The molecule has 0 atom stereocenters. The molecule has 5 nitrogen and oxygen atoms in total. The quantitative estimate of drug-likeness (QED) is 0.775. The molecule has 2 aromatic heterocycles. The molecule has 24 heavy (non-hydrogen) atoms. The summed E-state index contributed by atoms with van der Waals surface area (Å²) in [5.74, 6) is 0.849. The molecule has 1 aliphatic carbocycles. The highest BCUT2D eigenvalue weighted by molar-refractivity contribution is 5.95. The minimum absolute atomic E-state index is 0.356. The van der Waals surface area contributed by atoms with Crippen molar-refractivity contribution in [2.24, 2.45) is 5.92 Å². The highest BCUT2D eigenvalue weighted by Gasteiger charge is 2.20. The van der Waals surface area contributed by atoms with Gasteiger partial charge in [0.2, 0.25) is 0 Å². The molecule has 1 fully saturated rings. The van der Waals surface area contributed by atoms with Crippen molar-refractivity contribution >= 4 is 16.6 Å². The van der Waals surface area contributed by atoms with Crippen molar-refractivity contribution in [3.63, 3.8) is 0 Å². The first kappa shape index (κ1) is 14.6. The maximum atomic E-state index is 9.33. The summed E-state index contributed by atoms with van der Waals surface area (Å²) in [6, 6.07) is 12.1. The average molecular weight is 315 g/mol. The fourth-order valence-corrected chi connectivity index (χ4v) is 2.90. The van der Waals surface area contributed by atoms with Gasteiger partial charge in [0.05, 0.1) is 11.2 Å². The minimum Gasteiger partial charge on any atom is -0.382 e. The Morgan fingerprint density at radius 2 is 1.92 bits per heavy atom. The van der Waals surface area contributed by atoms with Crippen LogP contribution in [0.4, 0.5) is 5.69 Å². The van der Waals surface area contributed by atoms with Crippen LogP contribution < -0.4 is 5.32 Å². The molecule has 5 heteroatoms. The molecule has 1 saturated carbocycles. The van der Waals surface area contributed by atoms with Gasteiger partial charge in [0.15, 0.2) is 5.69 Å². The lowest BCUT2D eigenvalue weighted by molar-refractivity contribution is 0.760. The summed E-state index contributed by atoms with van der Waals surface area (Å²) in [5.41, 5.74) is 4.09. The van der Waals surface area contributed by atoms with Gasteiger partial charge < -0.3 is 5.32 Å². The number of rotatable bonds is 5. The molecule has 0 spiro atoms. The van der Waals surface area contributed by atoms with E-state index in [2.05, 4.69) is 26.6 Å². The molecular weight excluding hydrogens is 298 g/mol. The zero-order valence-electron chi connectivity index (χ0n) is 13.2. The van der Waals surface area contributed by atoms with Crippen molar-refractivity contribution in [1.29, 1.82) is 5.26 Å². The Morgan fingerprint density at radius 3 is 2.67 bits per heavy atom. The van der Waals surface area contributed by atoms with Crippen LogP contribution in [0.15, 0.2) is 42.7 Å². The van der Waals surface area contributed by atoms with Crippen molar-refractivity contribution in [1.82, 2.24) is 15.2 Å². The lowest BCUT2D eigenvalue weighted by atomic mass is 10.0. The molecule has 3 aromatic rings. The molecule has 1 aliphatic rings. The van der Waals surface area contributed by atoms with E-state index in [4.69, 9.17) is 0 Å². The van der Waals surface area contributed by atoms with Crippen LogP contribution in [0.25, 0.3) is 22.0 Å². The lowest BCUT2D eigenvalue weighted by Gasteiger charge is -2.11. The summed E-state index contributed by atoms with van der Waals surface area (Å²) in [5, 5.41) is 22.0. The molecule has 0 aliphatic heterocycles. The molecule has 0 unspecified atom stereocenters. The first-order valence-electron chi connectivity index (χ1n) is 8.20. The summed E-state index contributed by atoms with van der Waals surface area (Å²) in [6.07, 6.45) is 7.35. The van der Waals surface area contributed by atoms with Gasteiger partial charge in [-0.15, -0.1) is 10.2 Å². The minimum atomic E-state index is 0.356. The van der Waals surface area contributed by atoms with Crippen molar-refractivity contribution in [3.8, 4) is 17.2 Å². The largest absolute Gasteiger partial charge is 0.382 e. The summed E-state index contributed by atoms with van der Waals surface area (Å²) < 4.78 is 0. The van der Waals surface area contributed by atoms with Crippen molar-refractivity contribution < 1.29 is 0 Å². The van der Waals surface area contributed by atoms with Gasteiger partial charge in [0.25, 0.3) is 0 Å². The summed E-state index contributed by atoms with van der Waals surface area (Å²) in [4.78, 5) is 4.05. The van der Waals surface area contributed by atoms with Crippen LogP contribution >= 0.6 is 0 Å². The third kappa shape index (κ3) is 2.91. The maximum absolute atomic E-state index is 9.33. The van der Waals surface area contributed by atoms with E-state index < -0.39 is 0 Å². The third-order valence-corrected chi connectivity index (χ3v) is 4.43. The Kier molecular flexibility index (Phi) is 3.80. The standard InChI is InChI=1S/C19H17N5/c20-12-18-19(22-10-5-13-1-2-13)16-4-3-15(11-17(16)23-24-18)14-6-8-21-9-7-14/h3-4,6-9,11,13H,1-2,5,10H2,(H,22,23). The predicted octanol–water partition coefficient (Wildman–Crippen LogP) is 3.78. The van der Waals surface area contributed by atoms with E-state index in [9.17, 15) is 5.26 Å². The number of hydrogen-bond acceptors (Lipinski definition) is 5.